The van der Waals surface area contributed by atoms with Gasteiger partial charge < -0.3 is 15.2 Å². The van der Waals surface area contributed by atoms with E-state index in [1.54, 1.807) is 0 Å². The minimum Gasteiger partial charge on any atom is -0.469 e. The van der Waals surface area contributed by atoms with E-state index in [1.165, 1.54) is 14.2 Å². The van der Waals surface area contributed by atoms with Crippen molar-refractivity contribution in [2.45, 2.75) is 38.1 Å². The standard InChI is InChI=1S/C10H19NO4/c1-14-9(12)7-5-3-4-6-8(11)10(13)15-2/h8H,3-7,11H2,1-2H3/t8-/m0/s1. The van der Waals surface area contributed by atoms with Crippen LogP contribution in [0.5, 0.6) is 0 Å². The second-order valence-electron chi connectivity index (χ2n) is 3.31. The number of unbranched alkanes of at least 4 members (excludes halogenated alkanes) is 2. The highest BCUT2D eigenvalue weighted by atomic mass is 16.5. The van der Waals surface area contributed by atoms with Crippen LogP contribution in [0, 0.1) is 0 Å². The fourth-order valence-electron chi connectivity index (χ4n) is 1.18. The third-order valence-corrected chi connectivity index (χ3v) is 2.13. The molecule has 0 aliphatic rings. The predicted molar refractivity (Wildman–Crippen MR) is 55.1 cm³/mol. The lowest BCUT2D eigenvalue weighted by Crippen LogP contribution is -2.31. The van der Waals surface area contributed by atoms with Crippen molar-refractivity contribution in [1.29, 1.82) is 0 Å². The summed E-state index contributed by atoms with van der Waals surface area (Å²) in [5.41, 5.74) is 5.53. The Balaban J connectivity index is 3.38. The predicted octanol–water partition coefficient (Wildman–Crippen LogP) is 0.610. The van der Waals surface area contributed by atoms with Gasteiger partial charge in [0.25, 0.3) is 0 Å². The molecule has 5 nitrogen and oxygen atoms in total. The Bertz CT molecular complexity index is 206. The van der Waals surface area contributed by atoms with Crippen molar-refractivity contribution in [3.63, 3.8) is 0 Å². The van der Waals surface area contributed by atoms with Crippen LogP contribution in [0.25, 0.3) is 0 Å². The van der Waals surface area contributed by atoms with Crippen molar-refractivity contribution in [2.24, 2.45) is 5.73 Å². The summed E-state index contributed by atoms with van der Waals surface area (Å²) < 4.78 is 8.98. The molecule has 1 atom stereocenters. The Kier molecular flexibility index (Phi) is 7.62. The Morgan fingerprint density at radius 3 is 2.33 bits per heavy atom. The van der Waals surface area contributed by atoms with Crippen LogP contribution < -0.4 is 5.73 Å². The average Bonchev–Trinajstić information content (AvgIpc) is 2.26. The highest BCUT2D eigenvalue weighted by molar-refractivity contribution is 5.75. The Morgan fingerprint density at radius 1 is 1.13 bits per heavy atom. The maximum atomic E-state index is 10.9. The first-order valence-electron chi connectivity index (χ1n) is 5.02. The molecule has 0 aromatic heterocycles. The molecule has 15 heavy (non-hydrogen) atoms. The summed E-state index contributed by atoms with van der Waals surface area (Å²) in [4.78, 5) is 21.7. The van der Waals surface area contributed by atoms with Gasteiger partial charge in [-0.25, -0.2) is 0 Å². The number of ether oxygens (including phenoxy) is 2. The fourth-order valence-corrected chi connectivity index (χ4v) is 1.18. The van der Waals surface area contributed by atoms with Gasteiger partial charge >= 0.3 is 11.9 Å². The topological polar surface area (TPSA) is 78.6 Å². The number of carbonyl (C=O) groups excluding carboxylic acids is 2. The number of hydrogen-bond acceptors (Lipinski definition) is 5. The van der Waals surface area contributed by atoms with Crippen LogP contribution in [0.4, 0.5) is 0 Å². The fraction of sp³-hybridized carbons (Fsp3) is 0.800. The monoisotopic (exact) mass is 217 g/mol. The lowest BCUT2D eigenvalue weighted by molar-refractivity contribution is -0.142. The number of rotatable bonds is 7. The maximum absolute atomic E-state index is 10.9. The van der Waals surface area contributed by atoms with Gasteiger partial charge in [-0.1, -0.05) is 12.8 Å². The first kappa shape index (κ1) is 13.9. The second-order valence-corrected chi connectivity index (χ2v) is 3.31. The molecule has 0 heterocycles. The normalized spacial score (nSPS) is 11.9. The lowest BCUT2D eigenvalue weighted by atomic mass is 10.1. The molecule has 0 spiro atoms. The average molecular weight is 217 g/mol. The van der Waals surface area contributed by atoms with E-state index in [0.717, 1.165) is 19.3 Å². The minimum absolute atomic E-state index is 0.202. The van der Waals surface area contributed by atoms with E-state index in [0.29, 0.717) is 12.8 Å². The van der Waals surface area contributed by atoms with Crippen LogP contribution in [0.15, 0.2) is 0 Å². The summed E-state index contributed by atoms with van der Waals surface area (Å²) in [5.74, 6) is -0.588. The van der Waals surface area contributed by atoms with Crippen LogP contribution in [-0.4, -0.2) is 32.2 Å². The molecule has 0 radical (unpaired) electrons. The number of hydrogen-bond donors (Lipinski definition) is 1. The van der Waals surface area contributed by atoms with Gasteiger partial charge in [0, 0.05) is 6.42 Å². The van der Waals surface area contributed by atoms with Crippen molar-refractivity contribution < 1.29 is 19.1 Å². The van der Waals surface area contributed by atoms with E-state index < -0.39 is 6.04 Å². The number of carbonyl (C=O) groups is 2. The van der Waals surface area contributed by atoms with Crippen molar-refractivity contribution >= 4 is 11.9 Å². The Labute approximate surface area is 89.9 Å². The van der Waals surface area contributed by atoms with Crippen LogP contribution >= 0.6 is 0 Å². The number of esters is 2. The summed E-state index contributed by atoms with van der Waals surface area (Å²) >= 11 is 0. The molecular formula is C10H19NO4. The van der Waals surface area contributed by atoms with Crippen molar-refractivity contribution in [1.82, 2.24) is 0 Å². The molecule has 0 aliphatic heterocycles. The molecule has 0 aromatic rings. The first-order chi connectivity index (χ1) is 7.11. The van der Waals surface area contributed by atoms with E-state index in [-0.39, 0.29) is 11.9 Å². The summed E-state index contributed by atoms with van der Waals surface area (Å²) in [6.45, 7) is 0. The highest BCUT2D eigenvalue weighted by Crippen LogP contribution is 2.06. The van der Waals surface area contributed by atoms with Crippen molar-refractivity contribution in [2.75, 3.05) is 14.2 Å². The first-order valence-corrected chi connectivity index (χ1v) is 5.02. The van der Waals surface area contributed by atoms with Gasteiger partial charge in [0.2, 0.25) is 0 Å². The third kappa shape index (κ3) is 6.90. The summed E-state index contributed by atoms with van der Waals surface area (Å²) in [5, 5.41) is 0. The maximum Gasteiger partial charge on any atom is 0.322 e. The molecule has 88 valence electrons. The molecule has 5 heteroatoms. The molecule has 0 fully saturated rings. The van der Waals surface area contributed by atoms with E-state index in [9.17, 15) is 9.59 Å². The number of methoxy groups -OCH3 is 2. The summed E-state index contributed by atoms with van der Waals surface area (Å²) in [7, 11) is 2.69. The molecule has 0 saturated carbocycles. The molecular weight excluding hydrogens is 198 g/mol. The van der Waals surface area contributed by atoms with E-state index in [1.807, 2.05) is 0 Å². The smallest absolute Gasteiger partial charge is 0.322 e. The SMILES string of the molecule is COC(=O)CCCCC[C@H](N)C(=O)OC. The van der Waals surface area contributed by atoms with Crippen LogP contribution in [0.2, 0.25) is 0 Å². The largest absolute Gasteiger partial charge is 0.469 e. The molecule has 0 bridgehead atoms. The zero-order chi connectivity index (χ0) is 11.7. The molecule has 0 amide bonds. The van der Waals surface area contributed by atoms with Gasteiger partial charge in [0.15, 0.2) is 0 Å². The molecule has 0 rings (SSSR count). The molecule has 0 aromatic carbocycles. The van der Waals surface area contributed by atoms with Gasteiger partial charge in [0.1, 0.15) is 6.04 Å². The zero-order valence-corrected chi connectivity index (χ0v) is 9.32. The van der Waals surface area contributed by atoms with Crippen molar-refractivity contribution in [3.05, 3.63) is 0 Å². The minimum atomic E-state index is -0.548. The summed E-state index contributed by atoms with van der Waals surface area (Å²) in [6.07, 6.45) is 3.45. The van der Waals surface area contributed by atoms with Gasteiger partial charge in [-0.2, -0.15) is 0 Å². The van der Waals surface area contributed by atoms with Gasteiger partial charge in [-0.15, -0.1) is 0 Å². The Hall–Kier alpha value is -1.10. The third-order valence-electron chi connectivity index (χ3n) is 2.13. The van der Waals surface area contributed by atoms with Crippen LogP contribution in [-0.2, 0) is 19.1 Å². The highest BCUT2D eigenvalue weighted by Gasteiger charge is 2.12. The van der Waals surface area contributed by atoms with E-state index >= 15 is 0 Å². The van der Waals surface area contributed by atoms with Crippen LogP contribution in [0.1, 0.15) is 32.1 Å². The van der Waals surface area contributed by atoms with Crippen LogP contribution in [0.3, 0.4) is 0 Å². The summed E-state index contributed by atoms with van der Waals surface area (Å²) in [6, 6.07) is -0.548. The molecule has 0 saturated heterocycles. The second kappa shape index (κ2) is 8.23. The van der Waals surface area contributed by atoms with Gasteiger partial charge in [0.05, 0.1) is 14.2 Å². The van der Waals surface area contributed by atoms with E-state index in [4.69, 9.17) is 5.73 Å². The zero-order valence-electron chi connectivity index (χ0n) is 9.32. The van der Waals surface area contributed by atoms with Gasteiger partial charge in [-0.05, 0) is 12.8 Å². The molecule has 0 aliphatic carbocycles. The quantitative estimate of drug-likeness (QED) is 0.499. The molecule has 2 N–H and O–H groups in total. The number of nitrogens with two attached hydrogens (primary N) is 1. The van der Waals surface area contributed by atoms with Crippen molar-refractivity contribution in [3.8, 4) is 0 Å². The van der Waals surface area contributed by atoms with E-state index in [2.05, 4.69) is 9.47 Å². The molecule has 0 unspecified atom stereocenters. The Morgan fingerprint density at radius 2 is 1.80 bits per heavy atom. The lowest BCUT2D eigenvalue weighted by Gasteiger charge is -2.08. The van der Waals surface area contributed by atoms with Gasteiger partial charge in [-0.3, -0.25) is 9.59 Å².